The third-order valence-corrected chi connectivity index (χ3v) is 3.93. The summed E-state index contributed by atoms with van der Waals surface area (Å²) < 4.78 is 0. The van der Waals surface area contributed by atoms with Crippen molar-refractivity contribution in [3.63, 3.8) is 0 Å². The third kappa shape index (κ3) is 3.12. The van der Waals surface area contributed by atoms with E-state index < -0.39 is 0 Å². The lowest BCUT2D eigenvalue weighted by Crippen LogP contribution is -2.29. The quantitative estimate of drug-likeness (QED) is 0.707. The molecule has 2 N–H and O–H groups in total. The van der Waals surface area contributed by atoms with Gasteiger partial charge in [-0.3, -0.25) is 20.6 Å². The van der Waals surface area contributed by atoms with E-state index in [2.05, 4.69) is 15.8 Å². The van der Waals surface area contributed by atoms with Crippen LogP contribution >= 0.6 is 11.6 Å². The third-order valence-electron chi connectivity index (χ3n) is 3.60. The zero-order chi connectivity index (χ0) is 16.4. The van der Waals surface area contributed by atoms with Crippen LogP contribution in [0.4, 0.5) is 5.69 Å². The van der Waals surface area contributed by atoms with Gasteiger partial charge in [-0.05, 0) is 37.6 Å². The highest BCUT2D eigenvalue weighted by molar-refractivity contribution is 6.33. The van der Waals surface area contributed by atoms with Crippen molar-refractivity contribution in [1.29, 1.82) is 0 Å². The first kappa shape index (κ1) is 15.3. The Labute approximate surface area is 139 Å². The van der Waals surface area contributed by atoms with Gasteiger partial charge in [-0.25, -0.2) is 0 Å². The maximum Gasteiger partial charge on any atom is 0.271 e. The van der Waals surface area contributed by atoms with Gasteiger partial charge in [-0.2, -0.15) is 0 Å². The smallest absolute Gasteiger partial charge is 0.271 e. The summed E-state index contributed by atoms with van der Waals surface area (Å²) >= 11 is 6.04. The second kappa shape index (κ2) is 6.26. The van der Waals surface area contributed by atoms with Gasteiger partial charge in [0.25, 0.3) is 5.91 Å². The number of carbonyl (C=O) groups is 1. The lowest BCUT2D eigenvalue weighted by molar-refractivity contribution is 0.0963. The number of benzene rings is 2. The van der Waals surface area contributed by atoms with Gasteiger partial charge in [0.2, 0.25) is 0 Å². The highest BCUT2D eigenvalue weighted by atomic mass is 35.5. The van der Waals surface area contributed by atoms with Crippen molar-refractivity contribution in [2.75, 3.05) is 5.43 Å². The van der Waals surface area contributed by atoms with Gasteiger partial charge >= 0.3 is 0 Å². The Morgan fingerprint density at radius 3 is 2.65 bits per heavy atom. The minimum absolute atomic E-state index is 0.286. The molecule has 0 aliphatic carbocycles. The molecule has 1 aromatic heterocycles. The lowest BCUT2D eigenvalue weighted by atomic mass is 10.1. The highest BCUT2D eigenvalue weighted by Crippen LogP contribution is 2.25. The van der Waals surface area contributed by atoms with Gasteiger partial charge in [0.15, 0.2) is 0 Å². The molecule has 0 aliphatic heterocycles. The first-order chi connectivity index (χ1) is 11.1. The molecule has 23 heavy (non-hydrogen) atoms. The van der Waals surface area contributed by atoms with Gasteiger partial charge in [0.1, 0.15) is 0 Å². The van der Waals surface area contributed by atoms with Crippen LogP contribution in [0.1, 0.15) is 21.6 Å². The molecule has 4 nitrogen and oxygen atoms in total. The summed E-state index contributed by atoms with van der Waals surface area (Å²) in [6, 6.07) is 14.8. The van der Waals surface area contributed by atoms with Crippen LogP contribution in [0.3, 0.4) is 0 Å². The Kier molecular flexibility index (Phi) is 4.17. The molecule has 0 saturated heterocycles. The Morgan fingerprint density at radius 1 is 1.09 bits per heavy atom. The van der Waals surface area contributed by atoms with Crippen molar-refractivity contribution in [1.82, 2.24) is 10.4 Å². The van der Waals surface area contributed by atoms with Crippen LogP contribution < -0.4 is 10.9 Å². The molecule has 0 unspecified atom stereocenters. The molecule has 0 aliphatic rings. The van der Waals surface area contributed by atoms with Crippen LogP contribution in [0.5, 0.6) is 0 Å². The molecule has 0 bridgehead atoms. The fourth-order valence-corrected chi connectivity index (χ4v) is 2.68. The Balaban J connectivity index is 1.89. The summed E-state index contributed by atoms with van der Waals surface area (Å²) in [5.41, 5.74) is 9.79. The van der Waals surface area contributed by atoms with Crippen LogP contribution in [0.2, 0.25) is 5.02 Å². The second-order valence-corrected chi connectivity index (χ2v) is 5.75. The summed E-state index contributed by atoms with van der Waals surface area (Å²) in [5.74, 6) is -0.286. The molecular formula is C18H16ClN3O. The number of fused-ring (bicyclic) bond motifs is 1. The molecule has 0 atom stereocenters. The zero-order valence-electron chi connectivity index (χ0n) is 12.9. The van der Waals surface area contributed by atoms with Gasteiger partial charge < -0.3 is 0 Å². The Bertz CT molecular complexity index is 893. The van der Waals surface area contributed by atoms with Crippen LogP contribution in [-0.2, 0) is 0 Å². The monoisotopic (exact) mass is 325 g/mol. The number of nitrogens with zero attached hydrogens (tertiary/aromatic N) is 1. The summed E-state index contributed by atoms with van der Waals surface area (Å²) in [6.45, 7) is 3.94. The molecule has 1 amide bonds. The predicted octanol–water partition coefficient (Wildman–Crippen LogP) is 4.26. The average Bonchev–Trinajstić information content (AvgIpc) is 2.53. The largest absolute Gasteiger partial charge is 0.298 e. The molecule has 5 heteroatoms. The number of carbonyl (C=O) groups excluding carboxylic acids is 1. The van der Waals surface area contributed by atoms with Crippen molar-refractivity contribution in [3.8, 4) is 0 Å². The average molecular weight is 326 g/mol. The van der Waals surface area contributed by atoms with E-state index >= 15 is 0 Å². The number of hydrogen-bond acceptors (Lipinski definition) is 3. The maximum atomic E-state index is 12.3. The van der Waals surface area contributed by atoms with Crippen LogP contribution in [-0.4, -0.2) is 10.9 Å². The van der Waals surface area contributed by atoms with Gasteiger partial charge in [0, 0.05) is 11.1 Å². The minimum atomic E-state index is -0.286. The van der Waals surface area contributed by atoms with Crippen molar-refractivity contribution >= 4 is 34.1 Å². The molecule has 3 aromatic rings. The number of anilines is 1. The van der Waals surface area contributed by atoms with E-state index in [0.717, 1.165) is 27.8 Å². The van der Waals surface area contributed by atoms with E-state index in [0.29, 0.717) is 10.6 Å². The number of hydrazine groups is 1. The lowest BCUT2D eigenvalue weighted by Gasteiger charge is -2.13. The summed E-state index contributed by atoms with van der Waals surface area (Å²) in [5, 5.41) is 1.37. The number of amides is 1. The number of hydrogen-bond donors (Lipinski definition) is 2. The molecule has 3 rings (SSSR count). The standard InChI is InChI=1S/C18H16ClN3O/c1-11-6-5-8-14-16(10-12(2)20-17(11)14)21-22-18(23)13-7-3-4-9-15(13)19/h3-10H,1-2H3,(H,20,21)(H,22,23). The molecule has 116 valence electrons. The zero-order valence-corrected chi connectivity index (χ0v) is 13.6. The molecule has 0 spiro atoms. The molecular weight excluding hydrogens is 310 g/mol. The van der Waals surface area contributed by atoms with Crippen LogP contribution in [0, 0.1) is 13.8 Å². The van der Waals surface area contributed by atoms with Crippen molar-refractivity contribution in [2.24, 2.45) is 0 Å². The van der Waals surface area contributed by atoms with Crippen LogP contribution in [0.25, 0.3) is 10.9 Å². The normalized spacial score (nSPS) is 10.6. The highest BCUT2D eigenvalue weighted by Gasteiger charge is 2.10. The van der Waals surface area contributed by atoms with E-state index in [1.165, 1.54) is 0 Å². The Hall–Kier alpha value is -2.59. The fourth-order valence-electron chi connectivity index (χ4n) is 2.46. The first-order valence-electron chi connectivity index (χ1n) is 7.24. The van der Waals surface area contributed by atoms with Crippen molar-refractivity contribution in [2.45, 2.75) is 13.8 Å². The Morgan fingerprint density at radius 2 is 1.87 bits per heavy atom. The predicted molar refractivity (Wildman–Crippen MR) is 93.8 cm³/mol. The van der Waals surface area contributed by atoms with E-state index in [1.54, 1.807) is 24.3 Å². The summed E-state index contributed by atoms with van der Waals surface area (Å²) in [6.07, 6.45) is 0. The SMILES string of the molecule is Cc1cc(NNC(=O)c2ccccc2Cl)c2cccc(C)c2n1. The molecule has 0 radical (unpaired) electrons. The minimum Gasteiger partial charge on any atom is -0.298 e. The maximum absolute atomic E-state index is 12.3. The molecule has 2 aromatic carbocycles. The number of aromatic nitrogens is 1. The number of rotatable bonds is 3. The van der Waals surface area contributed by atoms with E-state index in [1.807, 2.05) is 38.1 Å². The second-order valence-electron chi connectivity index (χ2n) is 5.34. The first-order valence-corrected chi connectivity index (χ1v) is 7.62. The molecule has 0 saturated carbocycles. The number of nitrogens with one attached hydrogen (secondary N) is 2. The number of halogens is 1. The topological polar surface area (TPSA) is 54.0 Å². The van der Waals surface area contributed by atoms with Gasteiger partial charge in [-0.15, -0.1) is 0 Å². The van der Waals surface area contributed by atoms with E-state index in [-0.39, 0.29) is 5.91 Å². The molecule has 1 heterocycles. The number of para-hydroxylation sites is 1. The molecule has 0 fully saturated rings. The van der Waals surface area contributed by atoms with Crippen molar-refractivity contribution in [3.05, 3.63) is 70.4 Å². The fraction of sp³-hybridized carbons (Fsp3) is 0.111. The van der Waals surface area contributed by atoms with Gasteiger partial charge in [0.05, 0.1) is 21.8 Å². The number of aryl methyl sites for hydroxylation is 2. The van der Waals surface area contributed by atoms with Crippen LogP contribution in [0.15, 0.2) is 48.5 Å². The van der Waals surface area contributed by atoms with Gasteiger partial charge in [-0.1, -0.05) is 41.9 Å². The summed E-state index contributed by atoms with van der Waals surface area (Å²) in [4.78, 5) is 16.8. The van der Waals surface area contributed by atoms with E-state index in [9.17, 15) is 4.79 Å². The van der Waals surface area contributed by atoms with Crippen molar-refractivity contribution < 1.29 is 4.79 Å². The number of pyridine rings is 1. The van der Waals surface area contributed by atoms with E-state index in [4.69, 9.17) is 11.6 Å². The summed E-state index contributed by atoms with van der Waals surface area (Å²) in [7, 11) is 0.